The molecule has 9 heteroatoms. The molecule has 0 radical (unpaired) electrons. The number of carbonyl (C=O) groups is 2. The minimum atomic E-state index is -0.682. The summed E-state index contributed by atoms with van der Waals surface area (Å²) in [6.45, 7) is 5.48. The predicted octanol–water partition coefficient (Wildman–Crippen LogP) is 6.12. The first-order valence-electron chi connectivity index (χ1n) is 9.74. The predicted molar refractivity (Wildman–Crippen MR) is 129 cm³/mol. The van der Waals surface area contributed by atoms with Crippen molar-refractivity contribution in [3.05, 3.63) is 61.5 Å². The Morgan fingerprint density at radius 3 is 2.32 bits per heavy atom. The summed E-state index contributed by atoms with van der Waals surface area (Å²) >= 11 is 21.6. The number of nitrogens with one attached hydrogen (secondary N) is 1. The van der Waals surface area contributed by atoms with E-state index in [1.54, 1.807) is 36.4 Å². The van der Waals surface area contributed by atoms with Crippen LogP contribution in [0.1, 0.15) is 32.8 Å². The molecule has 0 bridgehead atoms. The molecule has 1 atom stereocenters. The molecule has 0 fully saturated rings. The van der Waals surface area contributed by atoms with Gasteiger partial charge in [0.1, 0.15) is 11.8 Å². The topological polar surface area (TPSA) is 58.6 Å². The second-order valence-electron chi connectivity index (χ2n) is 7.21. The average molecular weight is 551 g/mol. The van der Waals surface area contributed by atoms with Crippen LogP contribution in [0.15, 0.2) is 40.9 Å². The summed E-state index contributed by atoms with van der Waals surface area (Å²) in [5.74, 6) is -0.107. The number of hydrogen-bond acceptors (Lipinski definition) is 3. The Bertz CT molecular complexity index is 940. The molecule has 1 N–H and O–H groups in total. The summed E-state index contributed by atoms with van der Waals surface area (Å²) in [6, 6.07) is 9.33. The molecule has 2 rings (SSSR count). The third kappa shape index (κ3) is 7.56. The number of amides is 2. The van der Waals surface area contributed by atoms with Crippen molar-refractivity contribution in [2.45, 2.75) is 45.8 Å². The molecule has 5 nitrogen and oxygen atoms in total. The molecule has 2 aromatic rings. The zero-order valence-electron chi connectivity index (χ0n) is 17.4. The van der Waals surface area contributed by atoms with Crippen molar-refractivity contribution >= 4 is 62.5 Å². The number of halogens is 4. The van der Waals surface area contributed by atoms with Crippen LogP contribution in [0, 0.1) is 0 Å². The van der Waals surface area contributed by atoms with Crippen LogP contribution in [0.5, 0.6) is 5.75 Å². The normalized spacial score (nSPS) is 11.9. The van der Waals surface area contributed by atoms with Gasteiger partial charge in [-0.25, -0.2) is 0 Å². The largest absolute Gasteiger partial charge is 0.483 e. The van der Waals surface area contributed by atoms with Gasteiger partial charge in [-0.15, -0.1) is 0 Å². The molecule has 0 unspecified atom stereocenters. The smallest absolute Gasteiger partial charge is 0.261 e. The van der Waals surface area contributed by atoms with E-state index in [0.29, 0.717) is 37.3 Å². The Hall–Kier alpha value is -1.47. The van der Waals surface area contributed by atoms with Crippen LogP contribution in [0.4, 0.5) is 0 Å². The van der Waals surface area contributed by atoms with E-state index in [0.717, 1.165) is 0 Å². The molecule has 2 aromatic carbocycles. The molecule has 0 saturated heterocycles. The Kier molecular flexibility index (Phi) is 9.94. The SMILES string of the molecule is CC[C@H](C(=O)NC(C)C)N(Cc1ccc(Cl)cc1Cl)C(=O)COc1ccc(Cl)cc1Br. The van der Waals surface area contributed by atoms with Crippen molar-refractivity contribution in [2.24, 2.45) is 0 Å². The van der Waals surface area contributed by atoms with E-state index in [1.807, 2.05) is 20.8 Å². The van der Waals surface area contributed by atoms with Crippen LogP contribution in [0.2, 0.25) is 15.1 Å². The Morgan fingerprint density at radius 1 is 1.10 bits per heavy atom. The highest BCUT2D eigenvalue weighted by Gasteiger charge is 2.30. The van der Waals surface area contributed by atoms with Gasteiger partial charge in [0.25, 0.3) is 5.91 Å². The van der Waals surface area contributed by atoms with Crippen molar-refractivity contribution in [2.75, 3.05) is 6.61 Å². The van der Waals surface area contributed by atoms with E-state index in [1.165, 1.54) is 4.90 Å². The van der Waals surface area contributed by atoms with Gasteiger partial charge in [0, 0.05) is 27.7 Å². The number of nitrogens with zero attached hydrogens (tertiary/aromatic N) is 1. The molecule has 0 aliphatic rings. The van der Waals surface area contributed by atoms with Gasteiger partial charge in [-0.1, -0.05) is 47.8 Å². The molecular weight excluding hydrogens is 527 g/mol. The number of ether oxygens (including phenoxy) is 1. The van der Waals surface area contributed by atoms with Crippen LogP contribution < -0.4 is 10.1 Å². The number of hydrogen-bond donors (Lipinski definition) is 1. The molecule has 0 aliphatic carbocycles. The fourth-order valence-electron chi connectivity index (χ4n) is 2.95. The highest BCUT2D eigenvalue weighted by Crippen LogP contribution is 2.28. The summed E-state index contributed by atoms with van der Waals surface area (Å²) in [5.41, 5.74) is 0.683. The lowest BCUT2D eigenvalue weighted by atomic mass is 10.1. The number of carbonyl (C=O) groups excluding carboxylic acids is 2. The highest BCUT2D eigenvalue weighted by molar-refractivity contribution is 9.10. The molecule has 0 saturated carbocycles. The van der Waals surface area contributed by atoms with E-state index in [-0.39, 0.29) is 31.0 Å². The lowest BCUT2D eigenvalue weighted by molar-refractivity contribution is -0.143. The van der Waals surface area contributed by atoms with Crippen molar-refractivity contribution in [1.82, 2.24) is 10.2 Å². The zero-order valence-corrected chi connectivity index (χ0v) is 21.3. The van der Waals surface area contributed by atoms with E-state index in [9.17, 15) is 9.59 Å². The maximum Gasteiger partial charge on any atom is 0.261 e. The minimum absolute atomic E-state index is 0.0566. The maximum absolute atomic E-state index is 13.2. The summed E-state index contributed by atoms with van der Waals surface area (Å²) in [7, 11) is 0. The standard InChI is InChI=1S/C22H24BrCl3N2O3/c1-4-19(22(30)27-13(2)3)28(11-14-5-6-16(25)10-18(14)26)21(29)12-31-20-8-7-15(24)9-17(20)23/h5-10,13,19H,4,11-12H2,1-3H3,(H,27,30)/t19-/m1/s1. The van der Waals surface area contributed by atoms with Gasteiger partial charge in [-0.3, -0.25) is 9.59 Å². The van der Waals surface area contributed by atoms with Crippen molar-refractivity contribution in [3.8, 4) is 5.75 Å². The van der Waals surface area contributed by atoms with Gasteiger partial charge in [0.15, 0.2) is 6.61 Å². The van der Waals surface area contributed by atoms with Gasteiger partial charge in [-0.05, 0) is 72.1 Å². The third-order valence-corrected chi connectivity index (χ3v) is 5.86. The van der Waals surface area contributed by atoms with E-state index in [4.69, 9.17) is 39.5 Å². The van der Waals surface area contributed by atoms with Crippen LogP contribution >= 0.6 is 50.7 Å². The minimum Gasteiger partial charge on any atom is -0.483 e. The molecule has 0 spiro atoms. The van der Waals surface area contributed by atoms with E-state index in [2.05, 4.69) is 21.2 Å². The van der Waals surface area contributed by atoms with Crippen molar-refractivity contribution in [1.29, 1.82) is 0 Å². The lowest BCUT2D eigenvalue weighted by Crippen LogP contribution is -2.51. The van der Waals surface area contributed by atoms with Crippen molar-refractivity contribution < 1.29 is 14.3 Å². The molecule has 168 valence electrons. The first-order valence-corrected chi connectivity index (χ1v) is 11.7. The molecule has 2 amide bonds. The summed E-state index contributed by atoms with van der Waals surface area (Å²) in [6.07, 6.45) is 0.431. The Morgan fingerprint density at radius 2 is 1.74 bits per heavy atom. The Balaban J connectivity index is 2.27. The molecule has 31 heavy (non-hydrogen) atoms. The van der Waals surface area contributed by atoms with Crippen LogP contribution in [0.25, 0.3) is 0 Å². The quantitative estimate of drug-likeness (QED) is 0.409. The molecular formula is C22H24BrCl3N2O3. The zero-order chi connectivity index (χ0) is 23.1. The summed E-state index contributed by atoms with van der Waals surface area (Å²) < 4.78 is 6.32. The Labute approximate surface area is 206 Å². The van der Waals surface area contributed by atoms with Crippen molar-refractivity contribution in [3.63, 3.8) is 0 Å². The third-order valence-electron chi connectivity index (χ3n) is 4.42. The fraction of sp³-hybridized carbons (Fsp3) is 0.364. The average Bonchev–Trinajstić information content (AvgIpc) is 2.68. The summed E-state index contributed by atoms with van der Waals surface area (Å²) in [5, 5.41) is 4.34. The van der Waals surface area contributed by atoms with Crippen LogP contribution in [-0.4, -0.2) is 35.4 Å². The van der Waals surface area contributed by atoms with Gasteiger partial charge in [0.2, 0.25) is 5.91 Å². The molecule has 0 aliphatic heterocycles. The first-order chi connectivity index (χ1) is 14.6. The van der Waals surface area contributed by atoms with Crippen LogP contribution in [0.3, 0.4) is 0 Å². The van der Waals surface area contributed by atoms with E-state index >= 15 is 0 Å². The van der Waals surface area contributed by atoms with Gasteiger partial charge in [0.05, 0.1) is 4.47 Å². The molecule has 0 heterocycles. The molecule has 0 aromatic heterocycles. The number of rotatable bonds is 9. The second-order valence-corrected chi connectivity index (χ2v) is 9.34. The number of benzene rings is 2. The monoisotopic (exact) mass is 548 g/mol. The first kappa shape index (κ1) is 25.8. The fourth-order valence-corrected chi connectivity index (χ4v) is 4.21. The summed E-state index contributed by atoms with van der Waals surface area (Å²) in [4.78, 5) is 27.5. The van der Waals surface area contributed by atoms with Gasteiger partial charge >= 0.3 is 0 Å². The van der Waals surface area contributed by atoms with Crippen LogP contribution in [-0.2, 0) is 16.1 Å². The maximum atomic E-state index is 13.2. The highest BCUT2D eigenvalue weighted by atomic mass is 79.9. The lowest BCUT2D eigenvalue weighted by Gasteiger charge is -2.31. The van der Waals surface area contributed by atoms with Gasteiger partial charge in [-0.2, -0.15) is 0 Å². The van der Waals surface area contributed by atoms with Gasteiger partial charge < -0.3 is 15.0 Å². The second kappa shape index (κ2) is 12.0. The van der Waals surface area contributed by atoms with E-state index < -0.39 is 6.04 Å².